The summed E-state index contributed by atoms with van der Waals surface area (Å²) in [5.74, 6) is 0.553. The van der Waals surface area contributed by atoms with E-state index in [2.05, 4.69) is 0 Å². The molecule has 0 bridgehead atoms. The van der Waals surface area contributed by atoms with Crippen molar-refractivity contribution in [2.24, 2.45) is 0 Å². The van der Waals surface area contributed by atoms with Crippen molar-refractivity contribution in [1.82, 2.24) is 4.90 Å². The second kappa shape index (κ2) is 9.07. The normalized spacial score (nSPS) is 11.0. The van der Waals surface area contributed by atoms with Crippen LogP contribution in [0.15, 0.2) is 48.5 Å². The molecule has 0 radical (unpaired) electrons. The number of aromatic hydroxyl groups is 1. The molecule has 0 saturated heterocycles. The first-order chi connectivity index (χ1) is 13.1. The Morgan fingerprint density at radius 3 is 2.54 bits per heavy atom. The van der Waals surface area contributed by atoms with E-state index in [0.29, 0.717) is 11.3 Å². The average molecular weight is 388 g/mol. The van der Waals surface area contributed by atoms with Gasteiger partial charge in [-0.15, -0.1) is 0 Å². The summed E-state index contributed by atoms with van der Waals surface area (Å²) in [6, 6.07) is 12.4. The molecule has 2 aromatic carbocycles. The zero-order chi connectivity index (χ0) is 20.7. The van der Waals surface area contributed by atoms with E-state index in [9.17, 15) is 20.0 Å². The van der Waals surface area contributed by atoms with Gasteiger partial charge in [0, 0.05) is 24.7 Å². The Kier molecular flexibility index (Phi) is 6.81. The Morgan fingerprint density at radius 2 is 1.89 bits per heavy atom. The maximum absolute atomic E-state index is 12.6. The summed E-state index contributed by atoms with van der Waals surface area (Å²) in [5.41, 5.74) is -0.112. The molecule has 0 aliphatic heterocycles. The first-order valence-electron chi connectivity index (χ1n) is 8.77. The molecule has 0 spiro atoms. The van der Waals surface area contributed by atoms with Crippen molar-refractivity contribution in [2.75, 3.05) is 13.2 Å². The second-order valence-electron chi connectivity index (χ2n) is 7.17. The monoisotopic (exact) mass is 388 g/mol. The van der Waals surface area contributed by atoms with Crippen molar-refractivity contribution in [3.63, 3.8) is 0 Å². The standard InChI is InChI=1S/C20H24N2O6/c1-20(2,3)28-19(24)21(10-11-27-18-9-5-8-17(23)13-18)14-15-6-4-7-16(12-15)22(25)26/h4-9,12-13,23H,10-11,14H2,1-3H3. The van der Waals surface area contributed by atoms with E-state index in [1.807, 2.05) is 0 Å². The molecule has 2 aromatic rings. The SMILES string of the molecule is CC(C)(C)OC(=O)N(CCOc1cccc(O)c1)Cc1cccc([N+](=O)[O-])c1. The van der Waals surface area contributed by atoms with E-state index < -0.39 is 16.6 Å². The van der Waals surface area contributed by atoms with Crippen LogP contribution in [-0.2, 0) is 11.3 Å². The minimum atomic E-state index is -0.676. The summed E-state index contributed by atoms with van der Waals surface area (Å²) in [5, 5.41) is 20.5. The summed E-state index contributed by atoms with van der Waals surface area (Å²) >= 11 is 0. The number of ether oxygens (including phenoxy) is 2. The van der Waals surface area contributed by atoms with Crippen molar-refractivity contribution >= 4 is 11.8 Å². The number of benzene rings is 2. The number of rotatable bonds is 7. The molecule has 28 heavy (non-hydrogen) atoms. The minimum absolute atomic E-state index is 0.0438. The molecule has 0 fully saturated rings. The van der Waals surface area contributed by atoms with Gasteiger partial charge < -0.3 is 19.5 Å². The highest BCUT2D eigenvalue weighted by atomic mass is 16.6. The third-order valence-corrected chi connectivity index (χ3v) is 3.59. The van der Waals surface area contributed by atoms with Crippen LogP contribution in [0.4, 0.5) is 10.5 Å². The Bertz CT molecular complexity index is 831. The van der Waals surface area contributed by atoms with Crippen LogP contribution in [0.25, 0.3) is 0 Å². The Balaban J connectivity index is 2.09. The molecular weight excluding hydrogens is 364 g/mol. The van der Waals surface area contributed by atoms with Gasteiger partial charge in [0.15, 0.2) is 0 Å². The molecule has 1 N–H and O–H groups in total. The molecule has 0 heterocycles. The van der Waals surface area contributed by atoms with Crippen LogP contribution < -0.4 is 4.74 Å². The molecule has 1 amide bonds. The highest BCUT2D eigenvalue weighted by Gasteiger charge is 2.23. The van der Waals surface area contributed by atoms with Crippen LogP contribution in [0.1, 0.15) is 26.3 Å². The van der Waals surface area contributed by atoms with Gasteiger partial charge in [-0.1, -0.05) is 18.2 Å². The summed E-state index contributed by atoms with van der Waals surface area (Å²) in [7, 11) is 0. The first-order valence-corrected chi connectivity index (χ1v) is 8.77. The molecule has 0 unspecified atom stereocenters. The highest BCUT2D eigenvalue weighted by Crippen LogP contribution is 2.19. The van der Waals surface area contributed by atoms with E-state index in [1.165, 1.54) is 29.2 Å². The molecular formula is C20H24N2O6. The number of hydrogen-bond donors (Lipinski definition) is 1. The van der Waals surface area contributed by atoms with E-state index >= 15 is 0 Å². The predicted molar refractivity (Wildman–Crippen MR) is 103 cm³/mol. The number of non-ortho nitro benzene ring substituents is 1. The van der Waals surface area contributed by atoms with Crippen molar-refractivity contribution in [3.8, 4) is 11.5 Å². The quantitative estimate of drug-likeness (QED) is 0.565. The maximum atomic E-state index is 12.6. The maximum Gasteiger partial charge on any atom is 0.410 e. The fourth-order valence-electron chi connectivity index (χ4n) is 2.40. The van der Waals surface area contributed by atoms with Gasteiger partial charge in [0.05, 0.1) is 11.5 Å². The number of carbonyl (C=O) groups is 1. The van der Waals surface area contributed by atoms with Gasteiger partial charge in [-0.05, 0) is 38.5 Å². The lowest BCUT2D eigenvalue weighted by molar-refractivity contribution is -0.384. The lowest BCUT2D eigenvalue weighted by Crippen LogP contribution is -2.38. The lowest BCUT2D eigenvalue weighted by Gasteiger charge is -2.27. The van der Waals surface area contributed by atoms with Crippen molar-refractivity contribution < 1.29 is 24.3 Å². The van der Waals surface area contributed by atoms with Gasteiger partial charge >= 0.3 is 6.09 Å². The second-order valence-corrected chi connectivity index (χ2v) is 7.17. The van der Waals surface area contributed by atoms with Gasteiger partial charge in [-0.2, -0.15) is 0 Å². The van der Waals surface area contributed by atoms with Crippen molar-refractivity contribution in [1.29, 1.82) is 0 Å². The number of carbonyl (C=O) groups excluding carboxylic acids is 1. The summed E-state index contributed by atoms with van der Waals surface area (Å²) in [4.78, 5) is 24.5. The number of phenols is 1. The largest absolute Gasteiger partial charge is 0.508 e. The topological polar surface area (TPSA) is 102 Å². The summed E-state index contributed by atoms with van der Waals surface area (Å²) in [6.07, 6.45) is -0.543. The van der Waals surface area contributed by atoms with E-state index in [0.717, 1.165) is 0 Å². The lowest BCUT2D eigenvalue weighted by atomic mass is 10.2. The van der Waals surface area contributed by atoms with Crippen molar-refractivity contribution in [2.45, 2.75) is 32.9 Å². The summed E-state index contributed by atoms with van der Waals surface area (Å²) < 4.78 is 11.0. The van der Waals surface area contributed by atoms with Crippen LogP contribution >= 0.6 is 0 Å². The zero-order valence-corrected chi connectivity index (χ0v) is 16.1. The first kappa shape index (κ1) is 21.0. The van der Waals surface area contributed by atoms with Crippen LogP contribution in [0.2, 0.25) is 0 Å². The zero-order valence-electron chi connectivity index (χ0n) is 16.1. The van der Waals surface area contributed by atoms with Crippen molar-refractivity contribution in [3.05, 3.63) is 64.2 Å². The number of amides is 1. The number of nitrogens with zero attached hydrogens (tertiary/aromatic N) is 2. The van der Waals surface area contributed by atoms with Crippen LogP contribution in [-0.4, -0.2) is 39.8 Å². The van der Waals surface area contributed by atoms with Crippen LogP contribution in [0, 0.1) is 10.1 Å². The van der Waals surface area contributed by atoms with E-state index in [1.54, 1.807) is 45.0 Å². The molecule has 0 saturated carbocycles. The third-order valence-electron chi connectivity index (χ3n) is 3.59. The highest BCUT2D eigenvalue weighted by molar-refractivity contribution is 5.68. The smallest absolute Gasteiger partial charge is 0.410 e. The number of phenolic OH excluding ortho intramolecular Hbond substituents is 1. The average Bonchev–Trinajstić information content (AvgIpc) is 2.59. The number of nitro benzene ring substituents is 1. The van der Waals surface area contributed by atoms with Crippen LogP contribution in [0.5, 0.6) is 11.5 Å². The molecule has 150 valence electrons. The number of nitro groups is 1. The fraction of sp³-hybridized carbons (Fsp3) is 0.350. The van der Waals surface area contributed by atoms with Gasteiger partial charge in [-0.25, -0.2) is 4.79 Å². The van der Waals surface area contributed by atoms with Crippen LogP contribution in [0.3, 0.4) is 0 Å². The van der Waals surface area contributed by atoms with Gasteiger partial charge in [0.2, 0.25) is 0 Å². The summed E-state index contributed by atoms with van der Waals surface area (Å²) in [6.45, 7) is 5.80. The van der Waals surface area contributed by atoms with Gasteiger partial charge in [0.1, 0.15) is 23.7 Å². The molecule has 0 aromatic heterocycles. The molecule has 0 aliphatic carbocycles. The molecule has 0 aliphatic rings. The molecule has 8 heteroatoms. The predicted octanol–water partition coefficient (Wildman–Crippen LogP) is 4.12. The Hall–Kier alpha value is -3.29. The van der Waals surface area contributed by atoms with E-state index in [4.69, 9.17) is 9.47 Å². The molecule has 2 rings (SSSR count). The minimum Gasteiger partial charge on any atom is -0.508 e. The van der Waals surface area contributed by atoms with E-state index in [-0.39, 0.29) is 31.1 Å². The number of hydrogen-bond acceptors (Lipinski definition) is 6. The van der Waals surface area contributed by atoms with Gasteiger partial charge in [0.25, 0.3) is 5.69 Å². The Morgan fingerprint density at radius 1 is 1.18 bits per heavy atom. The third kappa shape index (κ3) is 6.79. The molecule has 0 atom stereocenters. The molecule has 8 nitrogen and oxygen atoms in total. The van der Waals surface area contributed by atoms with Gasteiger partial charge in [-0.3, -0.25) is 10.1 Å². The Labute approximate surface area is 163 Å². The fourth-order valence-corrected chi connectivity index (χ4v) is 2.40.